The summed E-state index contributed by atoms with van der Waals surface area (Å²) in [6.45, 7) is 16.6. The molecule has 3 heterocycles. The van der Waals surface area contributed by atoms with Crippen LogP contribution < -0.4 is 10.2 Å². The highest BCUT2D eigenvalue weighted by Gasteiger charge is 2.39. The van der Waals surface area contributed by atoms with E-state index in [0.717, 1.165) is 24.2 Å². The number of ether oxygens (including phenoxy) is 1. The lowest BCUT2D eigenvalue weighted by molar-refractivity contribution is -0.136. The van der Waals surface area contributed by atoms with Crippen molar-refractivity contribution in [2.24, 2.45) is 0 Å². The Kier molecular flexibility index (Phi) is 10.3. The summed E-state index contributed by atoms with van der Waals surface area (Å²) < 4.78 is 5.50. The zero-order chi connectivity index (χ0) is 27.0. The van der Waals surface area contributed by atoms with Crippen molar-refractivity contribution in [2.45, 2.75) is 85.9 Å². The molecule has 0 aromatic heterocycles. The van der Waals surface area contributed by atoms with E-state index in [0.29, 0.717) is 38.2 Å². The van der Waals surface area contributed by atoms with E-state index in [4.69, 9.17) is 4.74 Å². The van der Waals surface area contributed by atoms with Gasteiger partial charge in [-0.3, -0.25) is 19.7 Å². The Morgan fingerprint density at radius 1 is 1.00 bits per heavy atom. The third kappa shape index (κ3) is 6.98. The van der Waals surface area contributed by atoms with Crippen LogP contribution in [0.3, 0.4) is 0 Å². The molecule has 1 aromatic carbocycles. The quantitative estimate of drug-likeness (QED) is 0.615. The van der Waals surface area contributed by atoms with Gasteiger partial charge in [0, 0.05) is 50.4 Å². The lowest BCUT2D eigenvalue weighted by Gasteiger charge is -2.29. The first-order chi connectivity index (χ1) is 17.1. The minimum absolute atomic E-state index is 0.173. The smallest absolute Gasteiger partial charge is 0.410 e. The molecular formula is C27H42N4O5. The Hall–Kier alpha value is -3.10. The van der Waals surface area contributed by atoms with Crippen molar-refractivity contribution in [3.63, 3.8) is 0 Å². The fourth-order valence-electron chi connectivity index (χ4n) is 4.44. The van der Waals surface area contributed by atoms with Crippen molar-refractivity contribution < 1.29 is 23.9 Å². The van der Waals surface area contributed by atoms with Crippen LogP contribution in [0, 0.1) is 0 Å². The van der Waals surface area contributed by atoms with Gasteiger partial charge in [-0.25, -0.2) is 4.79 Å². The standard InChI is InChI=1S/C23H30N4O5.2C2H6/c1-23(2,3)32-22(31)26-10-4-9-25(11-12-26)16-5-6-17-15(13-16)14-27(21(17)30)18-7-8-19(28)24-20(18)29;2*1-2/h5-6,13,18H,4,7-12,14H2,1-3H3,(H,24,28,29);2*1-2H3. The number of nitrogens with one attached hydrogen (secondary N) is 1. The van der Waals surface area contributed by atoms with Gasteiger partial charge >= 0.3 is 6.09 Å². The summed E-state index contributed by atoms with van der Waals surface area (Å²) in [5.74, 6) is -0.871. The number of hydrogen-bond acceptors (Lipinski definition) is 6. The summed E-state index contributed by atoms with van der Waals surface area (Å²) in [6, 6.07) is 5.13. The zero-order valence-electron chi connectivity index (χ0n) is 22.8. The summed E-state index contributed by atoms with van der Waals surface area (Å²) in [5, 5.41) is 2.33. The summed E-state index contributed by atoms with van der Waals surface area (Å²) in [4.78, 5) is 54.5. The van der Waals surface area contributed by atoms with Gasteiger partial charge in [-0.1, -0.05) is 27.7 Å². The van der Waals surface area contributed by atoms with E-state index in [1.807, 2.05) is 66.7 Å². The first-order valence-electron chi connectivity index (χ1n) is 13.1. The molecule has 1 aromatic rings. The molecular weight excluding hydrogens is 460 g/mol. The SMILES string of the molecule is CC.CC.CC(C)(C)OC(=O)N1CCCN(c2ccc3c(c2)CN(C2CCC(=O)NC2=O)C3=O)CC1. The van der Waals surface area contributed by atoms with Crippen molar-refractivity contribution >= 4 is 29.5 Å². The molecule has 0 bridgehead atoms. The van der Waals surface area contributed by atoms with Gasteiger partial charge in [-0.05, 0) is 57.4 Å². The number of imide groups is 1. The van der Waals surface area contributed by atoms with E-state index < -0.39 is 17.6 Å². The number of benzene rings is 1. The lowest BCUT2D eigenvalue weighted by atomic mass is 10.0. The summed E-state index contributed by atoms with van der Waals surface area (Å²) in [5.41, 5.74) is 1.95. The Balaban J connectivity index is 0.00000109. The van der Waals surface area contributed by atoms with Gasteiger partial charge in [0.2, 0.25) is 11.8 Å². The average molecular weight is 503 g/mol. The molecule has 1 unspecified atom stereocenters. The number of anilines is 1. The Labute approximate surface area is 215 Å². The van der Waals surface area contributed by atoms with Crippen LogP contribution in [0.15, 0.2) is 18.2 Å². The van der Waals surface area contributed by atoms with Crippen LogP contribution in [0.25, 0.3) is 0 Å². The molecule has 1 atom stereocenters. The van der Waals surface area contributed by atoms with Gasteiger partial charge in [0.25, 0.3) is 5.91 Å². The van der Waals surface area contributed by atoms with Crippen molar-refractivity contribution in [3.8, 4) is 0 Å². The number of carbonyl (C=O) groups excluding carboxylic acids is 4. The fraction of sp³-hybridized carbons (Fsp3) is 0.630. The molecule has 3 aliphatic rings. The van der Waals surface area contributed by atoms with Gasteiger partial charge in [0.1, 0.15) is 11.6 Å². The lowest BCUT2D eigenvalue weighted by Crippen LogP contribution is -2.52. The zero-order valence-corrected chi connectivity index (χ0v) is 22.8. The third-order valence-electron chi connectivity index (χ3n) is 6.02. The first kappa shape index (κ1) is 29.1. The van der Waals surface area contributed by atoms with Crippen LogP contribution in [0.5, 0.6) is 0 Å². The fourth-order valence-corrected chi connectivity index (χ4v) is 4.44. The first-order valence-corrected chi connectivity index (χ1v) is 13.1. The topological polar surface area (TPSA) is 99.3 Å². The summed E-state index contributed by atoms with van der Waals surface area (Å²) in [7, 11) is 0. The molecule has 3 aliphatic heterocycles. The van der Waals surface area contributed by atoms with Crippen molar-refractivity contribution in [2.75, 3.05) is 31.1 Å². The monoisotopic (exact) mass is 502 g/mol. The van der Waals surface area contributed by atoms with E-state index in [9.17, 15) is 19.2 Å². The Bertz CT molecular complexity index is 956. The third-order valence-corrected chi connectivity index (χ3v) is 6.02. The van der Waals surface area contributed by atoms with Crippen molar-refractivity contribution in [3.05, 3.63) is 29.3 Å². The number of nitrogens with zero attached hydrogens (tertiary/aromatic N) is 3. The number of fused-ring (bicyclic) bond motifs is 1. The predicted octanol–water partition coefficient (Wildman–Crippen LogP) is 3.95. The van der Waals surface area contributed by atoms with Crippen molar-refractivity contribution in [1.82, 2.24) is 15.1 Å². The van der Waals surface area contributed by atoms with Crippen LogP contribution in [0.4, 0.5) is 10.5 Å². The summed E-state index contributed by atoms with van der Waals surface area (Å²) >= 11 is 0. The highest BCUT2D eigenvalue weighted by atomic mass is 16.6. The molecule has 200 valence electrons. The van der Waals surface area contributed by atoms with E-state index in [1.165, 1.54) is 0 Å². The number of hydrogen-bond donors (Lipinski definition) is 1. The van der Waals surface area contributed by atoms with Crippen LogP contribution in [0.1, 0.15) is 83.7 Å². The normalized spacial score (nSPS) is 19.8. The molecule has 0 aliphatic carbocycles. The molecule has 2 saturated heterocycles. The Morgan fingerprint density at radius 3 is 2.33 bits per heavy atom. The van der Waals surface area contributed by atoms with Crippen LogP contribution in [-0.2, 0) is 20.9 Å². The second-order valence-corrected chi connectivity index (χ2v) is 9.55. The maximum Gasteiger partial charge on any atom is 0.410 e. The highest BCUT2D eigenvalue weighted by molar-refractivity contribution is 6.05. The molecule has 9 nitrogen and oxygen atoms in total. The van der Waals surface area contributed by atoms with Gasteiger partial charge in [0.15, 0.2) is 0 Å². The molecule has 4 amide bonds. The van der Waals surface area contributed by atoms with E-state index in [-0.39, 0.29) is 24.3 Å². The maximum atomic E-state index is 12.9. The Morgan fingerprint density at radius 2 is 1.69 bits per heavy atom. The minimum Gasteiger partial charge on any atom is -0.444 e. The van der Waals surface area contributed by atoms with Gasteiger partial charge < -0.3 is 19.4 Å². The van der Waals surface area contributed by atoms with E-state index in [2.05, 4.69) is 10.2 Å². The molecule has 2 fully saturated rings. The van der Waals surface area contributed by atoms with Crippen LogP contribution in [-0.4, -0.2) is 71.4 Å². The van der Waals surface area contributed by atoms with E-state index >= 15 is 0 Å². The van der Waals surface area contributed by atoms with E-state index in [1.54, 1.807) is 9.80 Å². The largest absolute Gasteiger partial charge is 0.444 e. The molecule has 4 rings (SSSR count). The molecule has 36 heavy (non-hydrogen) atoms. The number of piperidine rings is 1. The number of amides is 4. The predicted molar refractivity (Wildman–Crippen MR) is 140 cm³/mol. The van der Waals surface area contributed by atoms with Crippen LogP contribution >= 0.6 is 0 Å². The molecule has 0 saturated carbocycles. The second kappa shape index (κ2) is 12.7. The van der Waals surface area contributed by atoms with Gasteiger partial charge in [0.05, 0.1) is 0 Å². The highest BCUT2D eigenvalue weighted by Crippen LogP contribution is 2.31. The minimum atomic E-state index is -0.614. The molecule has 1 N–H and O–H groups in total. The number of carbonyl (C=O) groups is 4. The maximum absolute atomic E-state index is 12.9. The van der Waals surface area contributed by atoms with Crippen LogP contribution in [0.2, 0.25) is 0 Å². The average Bonchev–Trinajstić information content (AvgIpc) is 3.00. The summed E-state index contributed by atoms with van der Waals surface area (Å²) in [6.07, 6.45) is 1.12. The second-order valence-electron chi connectivity index (χ2n) is 9.55. The number of rotatable bonds is 2. The van der Waals surface area contributed by atoms with Gasteiger partial charge in [-0.15, -0.1) is 0 Å². The molecule has 0 radical (unpaired) electrons. The van der Waals surface area contributed by atoms with Gasteiger partial charge in [-0.2, -0.15) is 0 Å². The molecule has 0 spiro atoms. The van der Waals surface area contributed by atoms with Crippen molar-refractivity contribution in [1.29, 1.82) is 0 Å². The molecule has 9 heteroatoms.